The lowest BCUT2D eigenvalue weighted by atomic mass is 9.69. The van der Waals surface area contributed by atoms with Crippen LogP contribution in [0.1, 0.15) is 81.1 Å². The lowest BCUT2D eigenvalue weighted by Gasteiger charge is -2.54. The molecule has 0 aromatic carbocycles. The first kappa shape index (κ1) is 20.5. The van der Waals surface area contributed by atoms with E-state index in [1.807, 2.05) is 0 Å². The largest absolute Gasteiger partial charge is 0.289 e. The van der Waals surface area contributed by atoms with Crippen LogP contribution in [0, 0.1) is 10.8 Å². The second-order valence-corrected chi connectivity index (χ2v) is 10.6. The summed E-state index contributed by atoms with van der Waals surface area (Å²) in [5.41, 5.74) is 6.54. The summed E-state index contributed by atoms with van der Waals surface area (Å²) in [7, 11) is -1.47. The van der Waals surface area contributed by atoms with Crippen LogP contribution in [0.15, 0.2) is 0 Å². The van der Waals surface area contributed by atoms with Crippen LogP contribution in [0.3, 0.4) is 0 Å². The molecule has 0 aromatic rings. The van der Waals surface area contributed by atoms with E-state index in [1.165, 1.54) is 12.8 Å². The topological polar surface area (TPSA) is 51.0 Å². The van der Waals surface area contributed by atoms with Crippen molar-refractivity contribution < 1.29 is 9.25 Å². The number of hydroxylamine groups is 4. The summed E-state index contributed by atoms with van der Waals surface area (Å²) in [6.45, 7) is 20.0. The van der Waals surface area contributed by atoms with E-state index in [2.05, 4.69) is 65.5 Å². The van der Waals surface area contributed by atoms with Crippen LogP contribution in [-0.4, -0.2) is 34.3 Å². The third-order valence-corrected chi connectivity index (χ3v) is 7.96. The highest BCUT2D eigenvalue weighted by Crippen LogP contribution is 2.49. The second kappa shape index (κ2) is 6.75. The number of rotatable bonds is 4. The molecule has 2 rings (SSSR count). The molecule has 0 aliphatic carbocycles. The lowest BCUT2D eigenvalue weighted by Crippen LogP contribution is -2.58. The molecular formula is C18H38N3O2P. The summed E-state index contributed by atoms with van der Waals surface area (Å²) in [6.07, 6.45) is 4.66. The van der Waals surface area contributed by atoms with Crippen molar-refractivity contribution in [2.75, 3.05) is 13.1 Å². The zero-order chi connectivity index (χ0) is 18.4. The minimum Gasteiger partial charge on any atom is -0.262 e. The van der Waals surface area contributed by atoms with Crippen molar-refractivity contribution in [2.24, 2.45) is 16.3 Å². The zero-order valence-electron chi connectivity index (χ0n) is 17.0. The summed E-state index contributed by atoms with van der Waals surface area (Å²) >= 11 is 0. The maximum atomic E-state index is 6.29. The third kappa shape index (κ3) is 3.67. The van der Waals surface area contributed by atoms with Crippen LogP contribution >= 0.6 is 8.53 Å². The number of piperidine rings is 2. The SMILES string of the molecule is CC1(C)CCCN(OP(N)ON2CCCC(C)(C)C2(C)C)C1(C)C. The minimum absolute atomic E-state index is 0.0642. The Bertz CT molecular complexity index is 412. The first-order valence-electron chi connectivity index (χ1n) is 9.28. The Labute approximate surface area is 150 Å². The minimum atomic E-state index is -1.47. The normalized spacial score (nSPS) is 29.8. The first-order valence-corrected chi connectivity index (χ1v) is 10.5. The molecule has 0 aromatic heterocycles. The molecule has 0 unspecified atom stereocenters. The summed E-state index contributed by atoms with van der Waals surface area (Å²) < 4.78 is 12.2. The van der Waals surface area contributed by atoms with Crippen LogP contribution in [0.4, 0.5) is 0 Å². The fourth-order valence-corrected chi connectivity index (χ4v) is 4.66. The predicted molar refractivity (Wildman–Crippen MR) is 101 cm³/mol. The molecule has 2 saturated heterocycles. The third-order valence-electron chi connectivity index (χ3n) is 7.24. The molecule has 6 heteroatoms. The van der Waals surface area contributed by atoms with Crippen molar-refractivity contribution in [3.63, 3.8) is 0 Å². The molecule has 2 aliphatic rings. The van der Waals surface area contributed by atoms with Crippen LogP contribution in [0.5, 0.6) is 0 Å². The Morgan fingerprint density at radius 3 is 1.38 bits per heavy atom. The molecule has 142 valence electrons. The van der Waals surface area contributed by atoms with Crippen molar-refractivity contribution in [3.8, 4) is 0 Å². The van der Waals surface area contributed by atoms with Crippen LogP contribution in [0.2, 0.25) is 0 Å². The summed E-state index contributed by atoms with van der Waals surface area (Å²) in [5, 5.41) is 4.12. The van der Waals surface area contributed by atoms with E-state index in [0.717, 1.165) is 25.9 Å². The number of nitrogens with two attached hydrogens (primary N) is 1. The first-order chi connectivity index (χ1) is 10.8. The fourth-order valence-electron chi connectivity index (χ4n) is 3.67. The van der Waals surface area contributed by atoms with Crippen LogP contribution < -0.4 is 5.50 Å². The standard InChI is InChI=1S/C18H38N3O2P/c1-15(2)11-9-13-20(17(15,5)6)22-24(19)23-21-14-10-12-16(3,4)18(21,7)8/h9-14,19H2,1-8H3. The van der Waals surface area contributed by atoms with Gasteiger partial charge in [-0.1, -0.05) is 27.7 Å². The van der Waals surface area contributed by atoms with Crippen LogP contribution in [-0.2, 0) is 9.25 Å². The molecule has 0 saturated carbocycles. The molecule has 5 nitrogen and oxygen atoms in total. The molecule has 0 spiro atoms. The van der Waals surface area contributed by atoms with Crippen molar-refractivity contribution >= 4 is 8.53 Å². The lowest BCUT2D eigenvalue weighted by molar-refractivity contribution is -0.228. The fraction of sp³-hybridized carbons (Fsp3) is 1.00. The highest BCUT2D eigenvalue weighted by Gasteiger charge is 2.48. The second-order valence-electron chi connectivity index (χ2n) is 9.75. The van der Waals surface area contributed by atoms with E-state index < -0.39 is 8.53 Å². The van der Waals surface area contributed by atoms with Gasteiger partial charge in [0.25, 0.3) is 8.53 Å². The van der Waals surface area contributed by atoms with Crippen molar-refractivity contribution in [2.45, 2.75) is 92.2 Å². The van der Waals surface area contributed by atoms with Crippen molar-refractivity contribution in [3.05, 3.63) is 0 Å². The van der Waals surface area contributed by atoms with Gasteiger partial charge in [-0.25, -0.2) is 9.25 Å². The molecule has 24 heavy (non-hydrogen) atoms. The van der Waals surface area contributed by atoms with E-state index in [4.69, 9.17) is 14.8 Å². The van der Waals surface area contributed by atoms with Gasteiger partial charge in [-0.05, 0) is 64.2 Å². The maximum Gasteiger partial charge on any atom is 0.289 e. The summed E-state index contributed by atoms with van der Waals surface area (Å²) in [4.78, 5) is 0. The Hall–Kier alpha value is 0.230. The average Bonchev–Trinajstić information content (AvgIpc) is 2.41. The van der Waals surface area contributed by atoms with E-state index in [-0.39, 0.29) is 21.9 Å². The van der Waals surface area contributed by atoms with E-state index in [1.54, 1.807) is 0 Å². The van der Waals surface area contributed by atoms with Gasteiger partial charge in [-0.3, -0.25) is 5.50 Å². The van der Waals surface area contributed by atoms with Gasteiger partial charge in [-0.2, -0.15) is 10.1 Å². The summed E-state index contributed by atoms with van der Waals surface area (Å²) in [6, 6.07) is 0. The average molecular weight is 359 g/mol. The molecule has 0 radical (unpaired) electrons. The Morgan fingerprint density at radius 2 is 1.04 bits per heavy atom. The monoisotopic (exact) mass is 359 g/mol. The van der Waals surface area contributed by atoms with Gasteiger partial charge in [0.05, 0.1) is 0 Å². The van der Waals surface area contributed by atoms with Crippen LogP contribution in [0.25, 0.3) is 0 Å². The molecule has 0 atom stereocenters. The number of hydrogen-bond acceptors (Lipinski definition) is 5. The number of hydrogen-bond donors (Lipinski definition) is 1. The van der Waals surface area contributed by atoms with Gasteiger partial charge in [0.2, 0.25) is 0 Å². The quantitative estimate of drug-likeness (QED) is 0.728. The van der Waals surface area contributed by atoms with Gasteiger partial charge in [0.15, 0.2) is 0 Å². The highest BCUT2D eigenvalue weighted by molar-refractivity contribution is 7.44. The van der Waals surface area contributed by atoms with Gasteiger partial charge >= 0.3 is 0 Å². The van der Waals surface area contributed by atoms with E-state index in [0.29, 0.717) is 0 Å². The molecule has 2 N–H and O–H groups in total. The molecular weight excluding hydrogens is 321 g/mol. The van der Waals surface area contributed by atoms with Crippen molar-refractivity contribution in [1.29, 1.82) is 0 Å². The smallest absolute Gasteiger partial charge is 0.262 e. The molecule has 2 aliphatic heterocycles. The molecule has 2 fully saturated rings. The van der Waals surface area contributed by atoms with E-state index in [9.17, 15) is 0 Å². The molecule has 0 amide bonds. The van der Waals surface area contributed by atoms with Gasteiger partial charge < -0.3 is 0 Å². The zero-order valence-corrected chi connectivity index (χ0v) is 17.9. The van der Waals surface area contributed by atoms with Crippen molar-refractivity contribution in [1.82, 2.24) is 10.1 Å². The molecule has 2 heterocycles. The summed E-state index contributed by atoms with van der Waals surface area (Å²) in [5.74, 6) is 0. The predicted octanol–water partition coefficient (Wildman–Crippen LogP) is 4.84. The van der Waals surface area contributed by atoms with E-state index >= 15 is 0 Å². The Kier molecular flexibility index (Phi) is 5.78. The van der Waals surface area contributed by atoms with Gasteiger partial charge in [0.1, 0.15) is 0 Å². The number of nitrogens with zero attached hydrogens (tertiary/aromatic N) is 2. The molecule has 0 bridgehead atoms. The Balaban J connectivity index is 2.01. The Morgan fingerprint density at radius 1 is 0.708 bits per heavy atom. The van der Waals surface area contributed by atoms with Gasteiger partial charge in [0, 0.05) is 24.2 Å². The van der Waals surface area contributed by atoms with Gasteiger partial charge in [-0.15, -0.1) is 0 Å². The maximum absolute atomic E-state index is 6.29. The highest BCUT2D eigenvalue weighted by atomic mass is 31.2.